The van der Waals surface area contributed by atoms with E-state index < -0.39 is 12.7 Å². The highest BCUT2D eigenvalue weighted by atomic mass is 35.5. The van der Waals surface area contributed by atoms with Gasteiger partial charge in [0.25, 0.3) is 0 Å². The molecular formula is C24H21ClF3N5O. The average Bonchev–Trinajstić information content (AvgIpc) is 2.79. The van der Waals surface area contributed by atoms with E-state index >= 15 is 0 Å². The smallest absolute Gasteiger partial charge is 0.398 e. The minimum atomic E-state index is -4.41. The molecular weight excluding hydrogens is 467 g/mol. The van der Waals surface area contributed by atoms with Crippen molar-refractivity contribution in [2.24, 2.45) is 4.99 Å². The van der Waals surface area contributed by atoms with Gasteiger partial charge in [-0.2, -0.15) is 13.2 Å². The first kappa shape index (κ1) is 24.8. The SMILES string of the molecule is CN=Cc1cc(/C(=C/c2ccc(NCC(F)(F)F)nc2NC=O)c2ccc(Cl)cc2)ccc1N. The molecule has 1 aromatic heterocycles. The maximum Gasteiger partial charge on any atom is 0.405 e. The summed E-state index contributed by atoms with van der Waals surface area (Å²) in [4.78, 5) is 19.3. The summed E-state index contributed by atoms with van der Waals surface area (Å²) in [5.41, 5.74) is 10.2. The number of amides is 1. The molecule has 0 atom stereocenters. The van der Waals surface area contributed by atoms with Crippen molar-refractivity contribution in [3.63, 3.8) is 0 Å². The Morgan fingerprint density at radius 1 is 1.09 bits per heavy atom. The van der Waals surface area contributed by atoms with Crippen molar-refractivity contribution < 1.29 is 18.0 Å². The number of aliphatic imine (C=N–C) groups is 1. The molecule has 0 saturated carbocycles. The van der Waals surface area contributed by atoms with E-state index in [1.54, 1.807) is 43.6 Å². The fourth-order valence-electron chi connectivity index (χ4n) is 3.16. The standard InChI is InChI=1S/C24H21ClF3N5O/c1-30-12-18-10-16(4-8-21(18)29)20(15-2-6-19(25)7-3-15)11-17-5-9-22(31-13-24(26,27)28)33-23(17)32-14-34/h2-12,14H,13,29H2,1H3,(H2,31,32,33,34)/b20-11+,30-12?. The molecule has 1 heterocycles. The first-order valence-corrected chi connectivity index (χ1v) is 10.4. The van der Waals surface area contributed by atoms with Gasteiger partial charge in [-0.3, -0.25) is 9.79 Å². The number of carbonyl (C=O) groups excluding carboxylic acids is 1. The molecule has 176 valence electrons. The van der Waals surface area contributed by atoms with Gasteiger partial charge in [0.2, 0.25) is 6.41 Å². The molecule has 0 fully saturated rings. The van der Waals surface area contributed by atoms with Crippen molar-refractivity contribution >= 4 is 53.2 Å². The third-order valence-electron chi connectivity index (χ3n) is 4.71. The molecule has 2 aromatic carbocycles. The molecule has 0 radical (unpaired) electrons. The van der Waals surface area contributed by atoms with Gasteiger partial charge in [-0.15, -0.1) is 0 Å². The van der Waals surface area contributed by atoms with Crippen LogP contribution in [0.2, 0.25) is 5.02 Å². The van der Waals surface area contributed by atoms with Crippen LogP contribution >= 0.6 is 11.6 Å². The van der Waals surface area contributed by atoms with Crippen molar-refractivity contribution in [3.05, 3.63) is 81.9 Å². The van der Waals surface area contributed by atoms with Crippen molar-refractivity contribution in [1.29, 1.82) is 0 Å². The fourth-order valence-corrected chi connectivity index (χ4v) is 3.28. The van der Waals surface area contributed by atoms with Crippen LogP contribution in [0.3, 0.4) is 0 Å². The summed E-state index contributed by atoms with van der Waals surface area (Å²) in [6.07, 6.45) is -0.586. The monoisotopic (exact) mass is 487 g/mol. The summed E-state index contributed by atoms with van der Waals surface area (Å²) in [5, 5.41) is 5.22. The van der Waals surface area contributed by atoms with Crippen LogP contribution in [0.5, 0.6) is 0 Å². The largest absolute Gasteiger partial charge is 0.405 e. The van der Waals surface area contributed by atoms with Crippen LogP contribution in [0, 0.1) is 0 Å². The Hall–Kier alpha value is -3.85. The number of halogens is 4. The van der Waals surface area contributed by atoms with Gasteiger partial charge in [-0.25, -0.2) is 4.98 Å². The Morgan fingerprint density at radius 3 is 2.44 bits per heavy atom. The average molecular weight is 488 g/mol. The van der Waals surface area contributed by atoms with Gasteiger partial charge in [-0.05, 0) is 59.2 Å². The molecule has 3 aromatic rings. The van der Waals surface area contributed by atoms with Gasteiger partial charge >= 0.3 is 6.18 Å². The highest BCUT2D eigenvalue weighted by Crippen LogP contribution is 2.31. The molecule has 10 heteroatoms. The molecule has 34 heavy (non-hydrogen) atoms. The molecule has 0 bridgehead atoms. The number of aromatic nitrogens is 1. The minimum absolute atomic E-state index is 0.0270. The van der Waals surface area contributed by atoms with Crippen LogP contribution in [0.4, 0.5) is 30.5 Å². The van der Waals surface area contributed by atoms with E-state index in [4.69, 9.17) is 17.3 Å². The van der Waals surface area contributed by atoms with Crippen LogP contribution in [-0.2, 0) is 4.79 Å². The molecule has 0 aliphatic heterocycles. The van der Waals surface area contributed by atoms with Crippen LogP contribution < -0.4 is 16.4 Å². The highest BCUT2D eigenvalue weighted by molar-refractivity contribution is 6.30. The Kier molecular flexibility index (Phi) is 7.91. The lowest BCUT2D eigenvalue weighted by atomic mass is 9.94. The Morgan fingerprint density at radius 2 is 1.79 bits per heavy atom. The van der Waals surface area contributed by atoms with Gasteiger partial charge in [0.15, 0.2) is 0 Å². The lowest BCUT2D eigenvalue weighted by Crippen LogP contribution is -2.22. The number of nitrogen functional groups attached to an aromatic ring is 1. The van der Waals surface area contributed by atoms with Gasteiger partial charge in [-0.1, -0.05) is 29.8 Å². The summed E-state index contributed by atoms with van der Waals surface area (Å²) in [6, 6.07) is 15.6. The van der Waals surface area contributed by atoms with E-state index in [1.165, 1.54) is 6.07 Å². The second-order valence-corrected chi connectivity index (χ2v) is 7.60. The van der Waals surface area contributed by atoms with Crippen molar-refractivity contribution in [2.45, 2.75) is 6.18 Å². The lowest BCUT2D eigenvalue weighted by Gasteiger charge is -2.14. The fraction of sp³-hybridized carbons (Fsp3) is 0.125. The summed E-state index contributed by atoms with van der Waals surface area (Å²) in [6.45, 7) is -1.25. The van der Waals surface area contributed by atoms with Gasteiger partial charge in [0.05, 0.1) is 0 Å². The van der Waals surface area contributed by atoms with Gasteiger partial charge < -0.3 is 16.4 Å². The van der Waals surface area contributed by atoms with E-state index in [-0.39, 0.29) is 11.6 Å². The Labute approximate surface area is 199 Å². The summed E-state index contributed by atoms with van der Waals surface area (Å²) < 4.78 is 37.7. The predicted molar refractivity (Wildman–Crippen MR) is 131 cm³/mol. The number of pyridine rings is 1. The van der Waals surface area contributed by atoms with Crippen molar-refractivity contribution in [3.8, 4) is 0 Å². The van der Waals surface area contributed by atoms with Crippen LogP contribution in [0.25, 0.3) is 11.6 Å². The normalized spacial score (nSPS) is 12.1. The minimum Gasteiger partial charge on any atom is -0.398 e. The van der Waals surface area contributed by atoms with E-state index in [0.717, 1.165) is 22.3 Å². The molecule has 0 aliphatic rings. The lowest BCUT2D eigenvalue weighted by molar-refractivity contribution is -0.115. The number of carbonyl (C=O) groups is 1. The zero-order chi connectivity index (χ0) is 24.7. The number of rotatable bonds is 8. The second-order valence-electron chi connectivity index (χ2n) is 7.16. The zero-order valence-electron chi connectivity index (χ0n) is 18.0. The summed E-state index contributed by atoms with van der Waals surface area (Å²) in [7, 11) is 1.64. The number of anilines is 3. The van der Waals surface area contributed by atoms with E-state index in [2.05, 4.69) is 20.6 Å². The molecule has 0 saturated heterocycles. The molecule has 6 nitrogen and oxygen atoms in total. The summed E-state index contributed by atoms with van der Waals surface area (Å²) >= 11 is 6.06. The van der Waals surface area contributed by atoms with E-state index in [0.29, 0.717) is 22.7 Å². The third-order valence-corrected chi connectivity index (χ3v) is 4.97. The van der Waals surface area contributed by atoms with Crippen LogP contribution in [0.1, 0.15) is 22.3 Å². The molecule has 4 N–H and O–H groups in total. The van der Waals surface area contributed by atoms with Gasteiger partial charge in [0.1, 0.15) is 18.2 Å². The highest BCUT2D eigenvalue weighted by Gasteiger charge is 2.26. The van der Waals surface area contributed by atoms with Crippen LogP contribution in [0.15, 0.2) is 59.6 Å². The van der Waals surface area contributed by atoms with E-state index in [9.17, 15) is 18.0 Å². The van der Waals surface area contributed by atoms with Crippen molar-refractivity contribution in [1.82, 2.24) is 4.98 Å². The van der Waals surface area contributed by atoms with Crippen molar-refractivity contribution in [2.75, 3.05) is 30.0 Å². The maximum absolute atomic E-state index is 12.6. The predicted octanol–water partition coefficient (Wildman–Crippen LogP) is 5.50. The second kappa shape index (κ2) is 10.8. The van der Waals surface area contributed by atoms with Crippen LogP contribution in [-0.4, -0.2) is 37.4 Å². The Balaban J connectivity index is 2.13. The number of hydrogen-bond donors (Lipinski definition) is 3. The summed E-state index contributed by atoms with van der Waals surface area (Å²) in [5.74, 6) is 0.0697. The quantitative estimate of drug-likeness (QED) is 0.222. The number of nitrogens with one attached hydrogen (secondary N) is 2. The van der Waals surface area contributed by atoms with E-state index in [1.807, 2.05) is 24.3 Å². The molecule has 0 spiro atoms. The first-order valence-electron chi connectivity index (χ1n) is 10.0. The maximum atomic E-state index is 12.6. The topological polar surface area (TPSA) is 92.4 Å². The number of nitrogens with two attached hydrogens (primary N) is 1. The molecule has 0 unspecified atom stereocenters. The molecule has 1 amide bonds. The van der Waals surface area contributed by atoms with Gasteiger partial charge in [0, 0.05) is 35.1 Å². The first-order chi connectivity index (χ1) is 16.2. The molecule has 0 aliphatic carbocycles. The number of hydrogen-bond acceptors (Lipinski definition) is 5. The number of benzene rings is 2. The molecule has 3 rings (SSSR count). The number of alkyl halides is 3. The number of nitrogens with zero attached hydrogens (tertiary/aromatic N) is 2. The third kappa shape index (κ3) is 6.58. The zero-order valence-corrected chi connectivity index (χ0v) is 18.8. The Bertz CT molecular complexity index is 1220.